The summed E-state index contributed by atoms with van der Waals surface area (Å²) < 4.78 is 28.6. The van der Waals surface area contributed by atoms with Crippen LogP contribution in [0.2, 0.25) is 10.0 Å². The molecule has 0 heterocycles. The van der Waals surface area contributed by atoms with Crippen molar-refractivity contribution in [2.75, 3.05) is 6.54 Å². The smallest absolute Gasteiger partial charge is 0.238 e. The van der Waals surface area contributed by atoms with E-state index in [1.165, 1.54) is 12.1 Å². The molecule has 3 aromatic rings. The van der Waals surface area contributed by atoms with Crippen LogP contribution in [-0.2, 0) is 29.6 Å². The third kappa shape index (κ3) is 6.45. The van der Waals surface area contributed by atoms with Crippen LogP contribution in [0.25, 0.3) is 0 Å². The Labute approximate surface area is 186 Å². The third-order valence-corrected chi connectivity index (χ3v) is 6.04. The van der Waals surface area contributed by atoms with Crippen molar-refractivity contribution in [3.05, 3.63) is 93.5 Å². The number of hydrogen-bond acceptors (Lipinski definition) is 4. The second-order valence-corrected chi connectivity index (χ2v) is 9.15. The molecule has 0 aliphatic rings. The predicted molar refractivity (Wildman–Crippen MR) is 120 cm³/mol. The molecule has 3 aromatic carbocycles. The van der Waals surface area contributed by atoms with Gasteiger partial charge >= 0.3 is 0 Å². The van der Waals surface area contributed by atoms with Crippen LogP contribution in [0.5, 0.6) is 5.75 Å². The van der Waals surface area contributed by atoms with E-state index in [0.29, 0.717) is 23.2 Å². The molecule has 0 saturated heterocycles. The van der Waals surface area contributed by atoms with Crippen LogP contribution in [0.3, 0.4) is 0 Å². The van der Waals surface area contributed by atoms with E-state index in [-0.39, 0.29) is 4.90 Å². The summed E-state index contributed by atoms with van der Waals surface area (Å²) in [6.45, 7) is 1.72. The predicted octanol–water partition coefficient (Wildman–Crippen LogP) is 4.55. The summed E-state index contributed by atoms with van der Waals surface area (Å²) in [4.78, 5) is 0.117. The highest BCUT2D eigenvalue weighted by molar-refractivity contribution is 7.89. The van der Waals surface area contributed by atoms with Gasteiger partial charge in [-0.25, -0.2) is 13.6 Å². The summed E-state index contributed by atoms with van der Waals surface area (Å²) in [7, 11) is -3.66. The molecule has 0 aliphatic heterocycles. The fraction of sp³-hybridized carbons (Fsp3) is 0.182. The summed E-state index contributed by atoms with van der Waals surface area (Å²) in [5, 5.41) is 9.67. The minimum atomic E-state index is -3.66. The number of sulfonamides is 1. The van der Waals surface area contributed by atoms with Gasteiger partial charge in [0.1, 0.15) is 12.4 Å². The number of hydrogen-bond donors (Lipinski definition) is 2. The molecule has 3 N–H and O–H groups in total. The summed E-state index contributed by atoms with van der Waals surface area (Å²) in [5.41, 5.74) is 2.93. The van der Waals surface area contributed by atoms with Crippen molar-refractivity contribution < 1.29 is 13.2 Å². The monoisotopic (exact) mass is 464 g/mol. The number of rotatable bonds is 9. The van der Waals surface area contributed by atoms with Crippen LogP contribution in [-0.4, -0.2) is 15.0 Å². The molecular formula is C22H22Cl2N2O3S. The molecule has 0 atom stereocenters. The largest absolute Gasteiger partial charge is 0.489 e. The Kier molecular flexibility index (Phi) is 7.75. The van der Waals surface area contributed by atoms with Crippen molar-refractivity contribution in [3.8, 4) is 5.75 Å². The normalized spacial score (nSPS) is 11.4. The van der Waals surface area contributed by atoms with E-state index in [1.807, 2.05) is 30.3 Å². The number of halogens is 2. The number of benzene rings is 3. The average molecular weight is 465 g/mol. The Morgan fingerprint density at radius 1 is 0.933 bits per heavy atom. The van der Waals surface area contributed by atoms with Gasteiger partial charge in [-0.3, -0.25) is 0 Å². The van der Waals surface area contributed by atoms with Gasteiger partial charge in [-0.2, -0.15) is 0 Å². The molecule has 0 aliphatic carbocycles. The van der Waals surface area contributed by atoms with Crippen molar-refractivity contribution in [1.29, 1.82) is 0 Å². The Morgan fingerprint density at radius 3 is 2.37 bits per heavy atom. The number of para-hydroxylation sites is 1. The van der Waals surface area contributed by atoms with Crippen LogP contribution in [0, 0.1) is 0 Å². The van der Waals surface area contributed by atoms with Crippen molar-refractivity contribution >= 4 is 33.2 Å². The number of ether oxygens (including phenoxy) is 1. The van der Waals surface area contributed by atoms with Gasteiger partial charge in [0, 0.05) is 27.7 Å². The third-order valence-electron chi connectivity index (χ3n) is 4.53. The van der Waals surface area contributed by atoms with Gasteiger partial charge in [0.2, 0.25) is 10.0 Å². The van der Waals surface area contributed by atoms with Gasteiger partial charge in [-0.05, 0) is 48.9 Å². The maximum absolute atomic E-state index is 11.3. The Bertz CT molecular complexity index is 1100. The topological polar surface area (TPSA) is 81.4 Å². The lowest BCUT2D eigenvalue weighted by molar-refractivity contribution is 0.302. The van der Waals surface area contributed by atoms with E-state index in [2.05, 4.69) is 5.32 Å². The van der Waals surface area contributed by atoms with Crippen LogP contribution < -0.4 is 15.2 Å². The van der Waals surface area contributed by atoms with E-state index < -0.39 is 10.0 Å². The highest BCUT2D eigenvalue weighted by Gasteiger charge is 2.08. The van der Waals surface area contributed by atoms with Gasteiger partial charge in [-0.1, -0.05) is 59.6 Å². The van der Waals surface area contributed by atoms with Gasteiger partial charge in [0.15, 0.2) is 0 Å². The van der Waals surface area contributed by atoms with E-state index >= 15 is 0 Å². The molecule has 3 rings (SSSR count). The first-order chi connectivity index (χ1) is 14.3. The second-order valence-electron chi connectivity index (χ2n) is 6.75. The number of primary sulfonamides is 1. The molecule has 0 spiro atoms. The van der Waals surface area contributed by atoms with Crippen molar-refractivity contribution in [3.63, 3.8) is 0 Å². The fourth-order valence-corrected chi connectivity index (χ4v) is 3.86. The van der Waals surface area contributed by atoms with Crippen LogP contribution in [0.15, 0.2) is 71.6 Å². The average Bonchev–Trinajstić information content (AvgIpc) is 2.71. The highest BCUT2D eigenvalue weighted by atomic mass is 35.5. The molecule has 0 amide bonds. The van der Waals surface area contributed by atoms with E-state index in [4.69, 9.17) is 33.1 Å². The molecule has 0 aromatic heterocycles. The Hall–Kier alpha value is -2.09. The highest BCUT2D eigenvalue weighted by Crippen LogP contribution is 2.24. The quantitative estimate of drug-likeness (QED) is 0.455. The van der Waals surface area contributed by atoms with Crippen LogP contribution in [0.1, 0.15) is 16.7 Å². The van der Waals surface area contributed by atoms with Crippen molar-refractivity contribution in [1.82, 2.24) is 5.32 Å². The molecule has 8 heteroatoms. The number of nitrogens with two attached hydrogens (primary N) is 1. The summed E-state index contributed by atoms with van der Waals surface area (Å²) in [6.07, 6.45) is 0.758. The van der Waals surface area contributed by atoms with Gasteiger partial charge in [0.05, 0.1) is 4.90 Å². The maximum atomic E-state index is 11.3. The summed E-state index contributed by atoms with van der Waals surface area (Å²) in [5.74, 6) is 0.786. The van der Waals surface area contributed by atoms with Gasteiger partial charge < -0.3 is 10.1 Å². The lowest BCUT2D eigenvalue weighted by atomic mass is 10.1. The lowest BCUT2D eigenvalue weighted by Gasteiger charge is -2.13. The number of nitrogens with one attached hydrogen (secondary N) is 1. The maximum Gasteiger partial charge on any atom is 0.238 e. The van der Waals surface area contributed by atoms with Crippen molar-refractivity contribution in [2.45, 2.75) is 24.5 Å². The van der Waals surface area contributed by atoms with Gasteiger partial charge in [0.25, 0.3) is 0 Å². The molecule has 0 bridgehead atoms. The minimum absolute atomic E-state index is 0.117. The zero-order chi connectivity index (χ0) is 21.6. The minimum Gasteiger partial charge on any atom is -0.489 e. The van der Waals surface area contributed by atoms with Gasteiger partial charge in [-0.15, -0.1) is 0 Å². The Balaban J connectivity index is 1.52. The Morgan fingerprint density at radius 2 is 1.67 bits per heavy atom. The fourth-order valence-electron chi connectivity index (χ4n) is 2.89. The first kappa shape index (κ1) is 22.6. The first-order valence-corrected chi connectivity index (χ1v) is 11.6. The van der Waals surface area contributed by atoms with E-state index in [1.54, 1.807) is 24.3 Å². The molecular weight excluding hydrogens is 443 g/mol. The second kappa shape index (κ2) is 10.3. The lowest BCUT2D eigenvalue weighted by Crippen LogP contribution is -2.17. The first-order valence-electron chi connectivity index (χ1n) is 9.30. The molecule has 0 radical (unpaired) electrons. The summed E-state index contributed by atoms with van der Waals surface area (Å²) in [6, 6.07) is 19.8. The molecule has 0 fully saturated rings. The molecule has 30 heavy (non-hydrogen) atoms. The van der Waals surface area contributed by atoms with E-state index in [9.17, 15) is 8.42 Å². The molecule has 0 unspecified atom stereocenters. The zero-order valence-electron chi connectivity index (χ0n) is 16.1. The molecule has 158 valence electrons. The standard InChI is InChI=1S/C22H22Cl2N2O3S/c23-19-8-7-18(21(24)13-19)15-29-22-4-2-1-3-17(22)14-26-12-11-16-5-9-20(10-6-16)30(25,27)28/h1-10,13,26H,11-12,14-15H2,(H2,25,27,28). The van der Waals surface area contributed by atoms with E-state index in [0.717, 1.165) is 35.4 Å². The molecule has 5 nitrogen and oxygen atoms in total. The summed E-state index contributed by atoms with van der Waals surface area (Å²) >= 11 is 12.2. The zero-order valence-corrected chi connectivity index (χ0v) is 18.5. The SMILES string of the molecule is NS(=O)(=O)c1ccc(CCNCc2ccccc2OCc2ccc(Cl)cc2Cl)cc1. The van der Waals surface area contributed by atoms with Crippen LogP contribution in [0.4, 0.5) is 0 Å². The molecule has 0 saturated carbocycles. The van der Waals surface area contributed by atoms with Crippen LogP contribution >= 0.6 is 23.2 Å². The van der Waals surface area contributed by atoms with Crippen molar-refractivity contribution in [2.24, 2.45) is 5.14 Å².